The molecule has 5 N–H and O–H groups in total. The smallest absolute Gasteiger partial charge is 0.414 e. The van der Waals surface area contributed by atoms with Crippen LogP contribution in [-0.2, 0) is 20.8 Å². The van der Waals surface area contributed by atoms with E-state index in [4.69, 9.17) is 24.5 Å². The molecule has 1 aliphatic heterocycles. The van der Waals surface area contributed by atoms with Crippen LogP contribution in [0.1, 0.15) is 32.8 Å². The lowest BCUT2D eigenvalue weighted by atomic mass is 10.0. The van der Waals surface area contributed by atoms with E-state index in [1.54, 1.807) is 0 Å². The van der Waals surface area contributed by atoms with Gasteiger partial charge in [0, 0.05) is 29.8 Å². The zero-order chi connectivity index (χ0) is 20.6. The Bertz CT molecular complexity index is 671. The van der Waals surface area contributed by atoms with Crippen molar-refractivity contribution in [3.63, 3.8) is 0 Å². The van der Waals surface area contributed by atoms with E-state index in [-0.39, 0.29) is 18.1 Å². The van der Waals surface area contributed by atoms with Crippen molar-refractivity contribution in [3.05, 3.63) is 23.8 Å². The van der Waals surface area contributed by atoms with Gasteiger partial charge in [-0.2, -0.15) is 0 Å². The second-order valence-electron chi connectivity index (χ2n) is 7.04. The van der Waals surface area contributed by atoms with Gasteiger partial charge in [0.05, 0.1) is 0 Å². The third-order valence-electron chi connectivity index (χ3n) is 3.49. The van der Waals surface area contributed by atoms with Crippen molar-refractivity contribution >= 4 is 23.5 Å². The molecule has 2 rings (SSSR count). The van der Waals surface area contributed by atoms with Crippen molar-refractivity contribution in [3.8, 4) is 5.75 Å². The number of aliphatic hydroxyl groups is 1. The molecule has 0 bridgehead atoms. The summed E-state index contributed by atoms with van der Waals surface area (Å²) in [6.07, 6.45) is 0.577. The zero-order valence-corrected chi connectivity index (χ0v) is 15.6. The van der Waals surface area contributed by atoms with Crippen LogP contribution in [0.4, 0.5) is 5.69 Å². The number of aliphatic carboxylic acids is 2. The first kappa shape index (κ1) is 22.4. The minimum atomic E-state index is -1.82. The van der Waals surface area contributed by atoms with E-state index in [2.05, 4.69) is 31.4 Å². The first-order valence-corrected chi connectivity index (χ1v) is 8.43. The maximum atomic E-state index is 11.4. The third-order valence-corrected chi connectivity index (χ3v) is 3.49. The summed E-state index contributed by atoms with van der Waals surface area (Å²) in [6.45, 7) is 6.87. The first-order chi connectivity index (χ1) is 12.5. The number of hydrogen-bond acceptors (Lipinski definition) is 6. The Morgan fingerprint density at radius 1 is 1.22 bits per heavy atom. The van der Waals surface area contributed by atoms with E-state index in [1.807, 2.05) is 18.2 Å². The van der Waals surface area contributed by atoms with Crippen LogP contribution in [0.5, 0.6) is 5.75 Å². The van der Waals surface area contributed by atoms with Crippen molar-refractivity contribution in [2.75, 3.05) is 18.5 Å². The largest absolute Gasteiger partial charge is 0.490 e. The maximum absolute atomic E-state index is 11.4. The summed E-state index contributed by atoms with van der Waals surface area (Å²) in [5.74, 6) is -2.87. The summed E-state index contributed by atoms with van der Waals surface area (Å²) in [5, 5.41) is 30.8. The standard InChI is InChI=1S/C16H24N2O3.C2H2O4/c1-16(2,3)17-9-11(19)10-21-14-6-4-5-13-12(14)7-8-15(20)18-13;3-1(4)2(5)6/h4-6,11,17,19H,7-10H2,1-3H3,(H,18,20);(H,3,4)(H,5,6). The Balaban J connectivity index is 0.000000527. The normalized spacial score (nSPS) is 14.1. The molecule has 1 unspecified atom stereocenters. The lowest BCUT2D eigenvalue weighted by Crippen LogP contribution is -2.42. The molecule has 0 saturated carbocycles. The van der Waals surface area contributed by atoms with Crippen LogP contribution in [0.25, 0.3) is 0 Å². The second kappa shape index (κ2) is 9.89. The number of benzene rings is 1. The molecular weight excluding hydrogens is 356 g/mol. The average molecular weight is 382 g/mol. The highest BCUT2D eigenvalue weighted by atomic mass is 16.5. The van der Waals surface area contributed by atoms with Crippen molar-refractivity contribution in [2.45, 2.75) is 45.3 Å². The molecule has 150 valence electrons. The van der Waals surface area contributed by atoms with E-state index in [0.717, 1.165) is 17.0 Å². The van der Waals surface area contributed by atoms with Crippen molar-refractivity contribution in [2.24, 2.45) is 0 Å². The predicted octanol–water partition coefficient (Wildman–Crippen LogP) is 0.855. The molecular formula is C18H26N2O7. The van der Waals surface area contributed by atoms with Crippen molar-refractivity contribution in [1.82, 2.24) is 5.32 Å². The van der Waals surface area contributed by atoms with Gasteiger partial charge in [0.1, 0.15) is 18.5 Å². The molecule has 9 nitrogen and oxygen atoms in total. The summed E-state index contributed by atoms with van der Waals surface area (Å²) < 4.78 is 5.73. The minimum Gasteiger partial charge on any atom is -0.490 e. The van der Waals surface area contributed by atoms with Gasteiger partial charge in [0.15, 0.2) is 0 Å². The van der Waals surface area contributed by atoms with Gasteiger partial charge in [-0.3, -0.25) is 4.79 Å². The number of aliphatic hydroxyl groups excluding tert-OH is 1. The molecule has 0 aliphatic carbocycles. The Morgan fingerprint density at radius 3 is 2.41 bits per heavy atom. The molecule has 1 heterocycles. The molecule has 27 heavy (non-hydrogen) atoms. The average Bonchev–Trinajstić information content (AvgIpc) is 2.57. The lowest BCUT2D eigenvalue weighted by molar-refractivity contribution is -0.159. The number of carbonyl (C=O) groups excluding carboxylic acids is 1. The van der Waals surface area contributed by atoms with Crippen LogP contribution < -0.4 is 15.4 Å². The van der Waals surface area contributed by atoms with Crippen LogP contribution in [0.2, 0.25) is 0 Å². The van der Waals surface area contributed by atoms with Crippen LogP contribution in [0, 0.1) is 0 Å². The third kappa shape index (κ3) is 8.52. The molecule has 9 heteroatoms. The van der Waals surface area contributed by atoms with Crippen LogP contribution in [0.15, 0.2) is 18.2 Å². The highest BCUT2D eigenvalue weighted by Crippen LogP contribution is 2.31. The van der Waals surface area contributed by atoms with Crippen molar-refractivity contribution in [1.29, 1.82) is 0 Å². The maximum Gasteiger partial charge on any atom is 0.414 e. The number of hydrogen-bond donors (Lipinski definition) is 5. The number of amides is 1. The molecule has 1 aliphatic rings. The van der Waals surface area contributed by atoms with Gasteiger partial charge in [0.25, 0.3) is 0 Å². The number of β-amino-alcohol motifs (C(OH)–C–C–N with tert-alkyl or cyclic N) is 1. The number of nitrogens with one attached hydrogen (secondary N) is 2. The van der Waals surface area contributed by atoms with Gasteiger partial charge in [-0.1, -0.05) is 6.07 Å². The van der Waals surface area contributed by atoms with Gasteiger partial charge in [-0.15, -0.1) is 0 Å². The Kier molecular flexibility index (Phi) is 8.20. The highest BCUT2D eigenvalue weighted by Gasteiger charge is 2.19. The van der Waals surface area contributed by atoms with Gasteiger partial charge in [0.2, 0.25) is 5.91 Å². The quantitative estimate of drug-likeness (QED) is 0.471. The molecule has 1 atom stereocenters. The summed E-state index contributed by atoms with van der Waals surface area (Å²) in [4.78, 5) is 29.6. The summed E-state index contributed by atoms with van der Waals surface area (Å²) in [6, 6.07) is 5.59. The SMILES string of the molecule is CC(C)(C)NCC(O)COc1cccc2c1CCC(=O)N2.O=C(O)C(=O)O. The Hall–Kier alpha value is -2.65. The van der Waals surface area contributed by atoms with Gasteiger partial charge in [-0.05, 0) is 39.3 Å². The van der Waals surface area contributed by atoms with Crippen molar-refractivity contribution < 1.29 is 34.4 Å². The molecule has 0 spiro atoms. The monoisotopic (exact) mass is 382 g/mol. The van der Waals surface area contributed by atoms with E-state index < -0.39 is 18.0 Å². The van der Waals surface area contributed by atoms with Crippen LogP contribution in [0.3, 0.4) is 0 Å². The Labute approximate surface area is 157 Å². The van der Waals surface area contributed by atoms with Crippen LogP contribution >= 0.6 is 0 Å². The molecule has 1 amide bonds. The predicted molar refractivity (Wildman–Crippen MR) is 97.9 cm³/mol. The number of fused-ring (bicyclic) bond motifs is 1. The fraction of sp³-hybridized carbons (Fsp3) is 0.500. The lowest BCUT2D eigenvalue weighted by Gasteiger charge is -2.24. The summed E-state index contributed by atoms with van der Waals surface area (Å²) >= 11 is 0. The van der Waals surface area contributed by atoms with Gasteiger partial charge in [-0.25, -0.2) is 9.59 Å². The highest BCUT2D eigenvalue weighted by molar-refractivity contribution is 6.27. The fourth-order valence-corrected chi connectivity index (χ4v) is 2.20. The first-order valence-electron chi connectivity index (χ1n) is 8.43. The second-order valence-corrected chi connectivity index (χ2v) is 7.04. The number of carboxylic acid groups (broad SMARTS) is 2. The van der Waals surface area contributed by atoms with Crippen LogP contribution in [-0.4, -0.2) is 58.0 Å². The van der Waals surface area contributed by atoms with E-state index in [9.17, 15) is 9.90 Å². The molecule has 0 saturated heterocycles. The number of rotatable bonds is 5. The van der Waals surface area contributed by atoms with Gasteiger partial charge < -0.3 is 30.7 Å². The van der Waals surface area contributed by atoms with Gasteiger partial charge >= 0.3 is 11.9 Å². The molecule has 0 aromatic heterocycles. The Morgan fingerprint density at radius 2 is 1.85 bits per heavy atom. The van der Waals surface area contributed by atoms with E-state index in [1.165, 1.54) is 0 Å². The van der Waals surface area contributed by atoms with E-state index >= 15 is 0 Å². The molecule has 0 fully saturated rings. The molecule has 0 radical (unpaired) electrons. The number of ether oxygens (including phenoxy) is 1. The number of carbonyl (C=O) groups is 3. The molecule has 1 aromatic rings. The summed E-state index contributed by atoms with van der Waals surface area (Å²) in [7, 11) is 0. The number of anilines is 1. The summed E-state index contributed by atoms with van der Waals surface area (Å²) in [5.41, 5.74) is 1.79. The zero-order valence-electron chi connectivity index (χ0n) is 15.6. The molecule has 1 aromatic carbocycles. The number of carboxylic acids is 2. The minimum absolute atomic E-state index is 0.0306. The topological polar surface area (TPSA) is 145 Å². The van der Waals surface area contributed by atoms with E-state index in [0.29, 0.717) is 19.4 Å². The fourth-order valence-electron chi connectivity index (χ4n) is 2.20.